The number of anilines is 1. The highest BCUT2D eigenvalue weighted by Crippen LogP contribution is 2.34. The van der Waals surface area contributed by atoms with Crippen molar-refractivity contribution in [2.75, 3.05) is 11.4 Å². The highest BCUT2D eigenvalue weighted by atomic mass is 16.6. The lowest BCUT2D eigenvalue weighted by molar-refractivity contribution is -0.127. The fraction of sp³-hybridized carbons (Fsp3) is 0.361. The van der Waals surface area contributed by atoms with Crippen molar-refractivity contribution in [2.45, 2.75) is 64.5 Å². The standard InChI is InChI=1S/C36H41N9O4/c1-36(2,3)49-35(48)38-20-23-9-13-26(14-10-23)34(47)45(27-17-15-25(16-18-27)33-41-43-44-42-33)31(32(37)46)19-22-7-11-24(12-8-22)28-5-4-6-30-29(28)21-39-40-30/h4-8,11-12,15-18,21,23,26,31H,9-10,13-14,19-20H2,1-3H3,(H2,37,46)(H,38,48)(H,39,40)(H,41,42,43,44)/t23-,26-,31-/m0/s1. The van der Waals surface area contributed by atoms with Gasteiger partial charge in [0.2, 0.25) is 17.6 Å². The average Bonchev–Trinajstić information content (AvgIpc) is 3.80. The summed E-state index contributed by atoms with van der Waals surface area (Å²) in [6, 6.07) is 20.2. The van der Waals surface area contributed by atoms with E-state index in [1.807, 2.05) is 63.2 Å². The van der Waals surface area contributed by atoms with Gasteiger partial charge in [0.1, 0.15) is 11.6 Å². The van der Waals surface area contributed by atoms with Gasteiger partial charge < -0.3 is 15.8 Å². The second-order valence-electron chi connectivity index (χ2n) is 13.5. The zero-order valence-corrected chi connectivity index (χ0v) is 27.8. The molecule has 3 amide bonds. The van der Waals surface area contributed by atoms with E-state index < -0.39 is 23.6 Å². The number of aromatic nitrogens is 6. The molecule has 13 heteroatoms. The lowest BCUT2D eigenvalue weighted by Crippen LogP contribution is -2.52. The van der Waals surface area contributed by atoms with E-state index >= 15 is 0 Å². The number of carbonyl (C=O) groups is 3. The van der Waals surface area contributed by atoms with E-state index in [1.165, 1.54) is 0 Å². The molecular weight excluding hydrogens is 622 g/mol. The average molecular weight is 664 g/mol. The van der Waals surface area contributed by atoms with E-state index in [-0.39, 0.29) is 24.2 Å². The number of hydrogen-bond acceptors (Lipinski definition) is 8. The number of amides is 3. The topological polar surface area (TPSA) is 185 Å². The first-order valence-corrected chi connectivity index (χ1v) is 16.5. The summed E-state index contributed by atoms with van der Waals surface area (Å²) in [6.45, 7) is 5.95. The Morgan fingerprint density at radius 2 is 1.69 bits per heavy atom. The minimum atomic E-state index is -0.932. The molecule has 0 saturated heterocycles. The van der Waals surface area contributed by atoms with Crippen LogP contribution in [0.15, 0.2) is 72.9 Å². The van der Waals surface area contributed by atoms with Gasteiger partial charge >= 0.3 is 6.09 Å². The monoisotopic (exact) mass is 663 g/mol. The minimum absolute atomic E-state index is 0.155. The molecule has 0 radical (unpaired) electrons. The molecule has 1 fully saturated rings. The van der Waals surface area contributed by atoms with Gasteiger partial charge in [0.05, 0.1) is 11.7 Å². The first-order chi connectivity index (χ1) is 23.6. The number of hydrogen-bond donors (Lipinski definition) is 4. The zero-order chi connectivity index (χ0) is 34.5. The van der Waals surface area contributed by atoms with Crippen molar-refractivity contribution in [3.63, 3.8) is 0 Å². The van der Waals surface area contributed by atoms with Crippen LogP contribution in [0, 0.1) is 11.8 Å². The summed E-state index contributed by atoms with van der Waals surface area (Å²) in [4.78, 5) is 41.3. The molecule has 0 bridgehead atoms. The maximum absolute atomic E-state index is 14.4. The Balaban J connectivity index is 1.21. The van der Waals surface area contributed by atoms with Crippen LogP contribution in [0.5, 0.6) is 0 Å². The summed E-state index contributed by atoms with van der Waals surface area (Å²) in [5, 5.41) is 25.2. The first kappa shape index (κ1) is 33.3. The van der Waals surface area contributed by atoms with Crippen LogP contribution in [-0.2, 0) is 20.7 Å². The summed E-state index contributed by atoms with van der Waals surface area (Å²) in [6.07, 6.45) is 4.34. The van der Waals surface area contributed by atoms with Crippen LogP contribution < -0.4 is 16.0 Å². The number of nitrogens with two attached hydrogens (primary N) is 1. The van der Waals surface area contributed by atoms with E-state index in [1.54, 1.807) is 35.4 Å². The molecule has 0 spiro atoms. The van der Waals surface area contributed by atoms with Crippen molar-refractivity contribution in [3.05, 3.63) is 78.5 Å². The van der Waals surface area contributed by atoms with Gasteiger partial charge in [-0.05, 0) is 105 Å². The number of tetrazole rings is 1. The number of carbonyl (C=O) groups excluding carboxylic acids is 3. The van der Waals surface area contributed by atoms with E-state index in [9.17, 15) is 14.4 Å². The molecule has 13 nitrogen and oxygen atoms in total. The highest BCUT2D eigenvalue weighted by Gasteiger charge is 2.36. The molecule has 1 saturated carbocycles. The van der Waals surface area contributed by atoms with Crippen molar-refractivity contribution in [3.8, 4) is 22.5 Å². The van der Waals surface area contributed by atoms with Gasteiger partial charge in [0, 0.05) is 35.5 Å². The number of fused-ring (bicyclic) bond motifs is 1. The summed E-state index contributed by atoms with van der Waals surface area (Å²) in [7, 11) is 0. The number of nitrogens with zero attached hydrogens (tertiary/aromatic N) is 5. The third-order valence-corrected chi connectivity index (χ3v) is 8.94. The Morgan fingerprint density at radius 1 is 0.980 bits per heavy atom. The second-order valence-corrected chi connectivity index (χ2v) is 13.5. The summed E-state index contributed by atoms with van der Waals surface area (Å²) < 4.78 is 5.37. The van der Waals surface area contributed by atoms with Crippen molar-refractivity contribution < 1.29 is 19.1 Å². The molecular formula is C36H41N9O4. The largest absolute Gasteiger partial charge is 0.444 e. The summed E-state index contributed by atoms with van der Waals surface area (Å²) in [5.74, 6) is -0.427. The SMILES string of the molecule is CC(C)(C)OC(=O)NC[C@H]1CC[C@H](C(=O)N(c2ccc(-c3nn[nH]n3)cc2)[C@@H](Cc2ccc(-c3cccc4[nH]ncc34)cc2)C(N)=O)CC1. The van der Waals surface area contributed by atoms with Crippen LogP contribution >= 0.6 is 0 Å². The number of primary amides is 1. The number of nitrogens with one attached hydrogen (secondary N) is 3. The molecule has 49 heavy (non-hydrogen) atoms. The number of aromatic amines is 2. The van der Waals surface area contributed by atoms with Crippen LogP contribution in [0.2, 0.25) is 0 Å². The molecule has 254 valence electrons. The third-order valence-electron chi connectivity index (χ3n) is 8.94. The molecule has 2 aromatic heterocycles. The van der Waals surface area contributed by atoms with Crippen LogP contribution in [-0.4, -0.2) is 66.9 Å². The smallest absolute Gasteiger partial charge is 0.407 e. The van der Waals surface area contributed by atoms with Gasteiger partial charge in [0.25, 0.3) is 0 Å². The lowest BCUT2D eigenvalue weighted by Gasteiger charge is -2.36. The summed E-state index contributed by atoms with van der Waals surface area (Å²) in [5.41, 5.74) is 10.6. The van der Waals surface area contributed by atoms with E-state index in [0.29, 0.717) is 36.5 Å². The van der Waals surface area contributed by atoms with Crippen LogP contribution in [0.4, 0.5) is 10.5 Å². The normalized spacial score (nSPS) is 17.0. The maximum atomic E-state index is 14.4. The van der Waals surface area contributed by atoms with Crippen LogP contribution in [0.1, 0.15) is 52.0 Å². The van der Waals surface area contributed by atoms with Gasteiger partial charge in [-0.2, -0.15) is 10.3 Å². The molecule has 2 heterocycles. The minimum Gasteiger partial charge on any atom is -0.444 e. The predicted octanol–water partition coefficient (Wildman–Crippen LogP) is 5.17. The Morgan fingerprint density at radius 3 is 2.35 bits per heavy atom. The Labute approximate surface area is 284 Å². The van der Waals surface area contributed by atoms with Crippen molar-refractivity contribution in [1.82, 2.24) is 36.1 Å². The van der Waals surface area contributed by atoms with Gasteiger partial charge in [-0.3, -0.25) is 19.6 Å². The number of benzene rings is 3. The molecule has 1 aliphatic rings. The van der Waals surface area contributed by atoms with E-state index in [4.69, 9.17) is 10.5 Å². The molecule has 6 rings (SSSR count). The van der Waals surface area contributed by atoms with Crippen molar-refractivity contribution >= 4 is 34.5 Å². The maximum Gasteiger partial charge on any atom is 0.407 e. The Kier molecular flexibility index (Phi) is 9.70. The number of rotatable bonds is 10. The Bertz CT molecular complexity index is 1890. The molecule has 0 unspecified atom stereocenters. The van der Waals surface area contributed by atoms with Crippen molar-refractivity contribution in [2.24, 2.45) is 17.6 Å². The van der Waals surface area contributed by atoms with E-state index in [0.717, 1.165) is 40.4 Å². The van der Waals surface area contributed by atoms with E-state index in [2.05, 4.69) is 36.1 Å². The molecule has 3 aromatic carbocycles. The molecule has 5 aromatic rings. The van der Waals surface area contributed by atoms with Gasteiger partial charge in [-0.1, -0.05) is 36.4 Å². The van der Waals surface area contributed by atoms with Crippen molar-refractivity contribution in [1.29, 1.82) is 0 Å². The second kappa shape index (κ2) is 14.3. The summed E-state index contributed by atoms with van der Waals surface area (Å²) >= 11 is 0. The predicted molar refractivity (Wildman–Crippen MR) is 185 cm³/mol. The van der Waals surface area contributed by atoms with Crippen LogP contribution in [0.3, 0.4) is 0 Å². The molecule has 5 N–H and O–H groups in total. The number of alkyl carbamates (subject to hydrolysis) is 1. The molecule has 1 atom stereocenters. The number of H-pyrrole nitrogens is 2. The molecule has 0 aliphatic heterocycles. The molecule has 1 aliphatic carbocycles. The Hall–Kier alpha value is -5.59. The number of ether oxygens (including phenoxy) is 1. The first-order valence-electron chi connectivity index (χ1n) is 16.5. The fourth-order valence-corrected chi connectivity index (χ4v) is 6.45. The fourth-order valence-electron chi connectivity index (χ4n) is 6.45. The van der Waals surface area contributed by atoms with Crippen LogP contribution in [0.25, 0.3) is 33.4 Å². The quantitative estimate of drug-likeness (QED) is 0.158. The highest BCUT2D eigenvalue weighted by molar-refractivity contribution is 6.02. The lowest BCUT2D eigenvalue weighted by atomic mass is 9.81. The van der Waals surface area contributed by atoms with Gasteiger partial charge in [-0.15, -0.1) is 10.2 Å². The third kappa shape index (κ3) is 7.94. The van der Waals surface area contributed by atoms with Gasteiger partial charge in [-0.25, -0.2) is 4.79 Å². The zero-order valence-electron chi connectivity index (χ0n) is 27.8. The van der Waals surface area contributed by atoms with Gasteiger partial charge in [0.15, 0.2) is 0 Å².